The first-order chi connectivity index (χ1) is 23.5. The summed E-state index contributed by atoms with van der Waals surface area (Å²) in [6, 6.07) is 28.6. The second-order valence-corrected chi connectivity index (χ2v) is 12.1. The Morgan fingerprint density at radius 2 is 1.60 bits per heavy atom. The first kappa shape index (κ1) is 35.6. The number of hydrogen-bond donors (Lipinski definition) is 2. The van der Waals surface area contributed by atoms with Crippen molar-refractivity contribution in [2.45, 2.75) is 51.0 Å². The molecule has 4 aromatic rings. The summed E-state index contributed by atoms with van der Waals surface area (Å²) in [6.45, 7) is 5.59. The number of fused-ring (bicyclic) bond motifs is 1. The van der Waals surface area contributed by atoms with Gasteiger partial charge in [-0.25, -0.2) is 0 Å². The van der Waals surface area contributed by atoms with Crippen LogP contribution in [0.4, 0.5) is 0 Å². The van der Waals surface area contributed by atoms with Crippen molar-refractivity contribution in [2.24, 2.45) is 5.92 Å². The Morgan fingerprint density at radius 1 is 0.833 bits per heavy atom. The van der Waals surface area contributed by atoms with Gasteiger partial charge < -0.3 is 43.6 Å². The molecule has 1 fully saturated rings. The highest BCUT2D eigenvalue weighted by atomic mass is 16.7. The molecule has 1 aliphatic heterocycles. The molecule has 9 nitrogen and oxygen atoms in total. The van der Waals surface area contributed by atoms with E-state index < -0.39 is 12.4 Å². The van der Waals surface area contributed by atoms with Crippen LogP contribution >= 0.6 is 0 Å². The predicted octanol–water partition coefficient (Wildman–Crippen LogP) is 6.10. The van der Waals surface area contributed by atoms with Gasteiger partial charge in [0.2, 0.25) is 0 Å². The summed E-state index contributed by atoms with van der Waals surface area (Å²) in [7, 11) is 4.91. The van der Waals surface area contributed by atoms with Crippen LogP contribution in [0.3, 0.4) is 0 Å². The first-order valence-electron chi connectivity index (χ1n) is 16.6. The van der Waals surface area contributed by atoms with Crippen LogP contribution in [0.5, 0.6) is 17.2 Å². The topological polar surface area (TPSA) is 96.9 Å². The molecule has 1 saturated heterocycles. The van der Waals surface area contributed by atoms with E-state index in [0.717, 1.165) is 57.7 Å². The average Bonchev–Trinajstić information content (AvgIpc) is 3.12. The molecule has 0 aliphatic carbocycles. The summed E-state index contributed by atoms with van der Waals surface area (Å²) in [5.74, 6) is 2.59. The van der Waals surface area contributed by atoms with Gasteiger partial charge in [-0.1, -0.05) is 54.6 Å². The fourth-order valence-electron chi connectivity index (χ4n) is 6.34. The van der Waals surface area contributed by atoms with Crippen LogP contribution in [0.25, 0.3) is 10.8 Å². The van der Waals surface area contributed by atoms with Crippen molar-refractivity contribution in [3.05, 3.63) is 102 Å². The molecule has 0 bridgehead atoms. The van der Waals surface area contributed by atoms with Gasteiger partial charge in [-0.3, -0.25) is 0 Å². The maximum atomic E-state index is 10.1. The molecule has 0 saturated carbocycles. The molecule has 1 heterocycles. The van der Waals surface area contributed by atoms with Gasteiger partial charge in [0.1, 0.15) is 23.4 Å². The lowest BCUT2D eigenvalue weighted by atomic mass is 9.79. The third-order valence-electron chi connectivity index (χ3n) is 8.75. The van der Waals surface area contributed by atoms with Crippen molar-refractivity contribution in [2.75, 3.05) is 54.2 Å². The van der Waals surface area contributed by atoms with Gasteiger partial charge in [0, 0.05) is 49.4 Å². The molecule has 0 radical (unpaired) electrons. The zero-order valence-electron chi connectivity index (χ0n) is 28.4. The average molecular weight is 660 g/mol. The molecule has 48 heavy (non-hydrogen) atoms. The van der Waals surface area contributed by atoms with Crippen molar-refractivity contribution < 1.29 is 38.3 Å². The van der Waals surface area contributed by atoms with E-state index in [-0.39, 0.29) is 17.9 Å². The van der Waals surface area contributed by atoms with Gasteiger partial charge in [0.05, 0.1) is 53.4 Å². The summed E-state index contributed by atoms with van der Waals surface area (Å²) in [5.41, 5.74) is 3.22. The van der Waals surface area contributed by atoms with Gasteiger partial charge in [-0.05, 0) is 53.8 Å². The summed E-state index contributed by atoms with van der Waals surface area (Å²) in [5, 5.41) is 15.8. The molecule has 2 N–H and O–H groups in total. The van der Waals surface area contributed by atoms with Gasteiger partial charge in [0.15, 0.2) is 6.29 Å². The van der Waals surface area contributed by atoms with Gasteiger partial charge in [0.25, 0.3) is 0 Å². The number of para-hydroxylation sites is 1. The van der Waals surface area contributed by atoms with Crippen LogP contribution in [0, 0.1) is 5.92 Å². The molecule has 2 unspecified atom stereocenters. The molecular formula is C39H49NO8. The second kappa shape index (κ2) is 18.2. The summed E-state index contributed by atoms with van der Waals surface area (Å²) in [4.78, 5) is 0. The highest BCUT2D eigenvalue weighted by Crippen LogP contribution is 2.35. The highest BCUT2D eigenvalue weighted by Gasteiger charge is 2.36. The number of benzene rings is 4. The van der Waals surface area contributed by atoms with Gasteiger partial charge in [-0.15, -0.1) is 0 Å². The summed E-state index contributed by atoms with van der Waals surface area (Å²) >= 11 is 0. The minimum atomic E-state index is -0.747. The molecule has 5 atom stereocenters. The highest BCUT2D eigenvalue weighted by molar-refractivity contribution is 5.89. The van der Waals surface area contributed by atoms with Crippen molar-refractivity contribution in [3.8, 4) is 17.2 Å². The Bertz CT molecular complexity index is 1550. The van der Waals surface area contributed by atoms with E-state index in [9.17, 15) is 5.11 Å². The number of aliphatic hydroxyl groups is 1. The molecule has 0 spiro atoms. The van der Waals surface area contributed by atoms with Crippen LogP contribution in [-0.4, -0.2) is 77.8 Å². The maximum absolute atomic E-state index is 10.1. The van der Waals surface area contributed by atoms with E-state index in [0.29, 0.717) is 39.6 Å². The largest absolute Gasteiger partial charge is 0.496 e. The fraction of sp³-hybridized carbons (Fsp3) is 0.436. The standard InChI is InChI=1S/C39H49NO8/c1-27(41)39(44-4)48-26-32-22-40-23-37(47-24-28-20-30-10-5-7-12-34(30)36(21-28)43-3)38(32)29-14-16-33(17-15-29)46-19-9-18-45-25-31-11-6-8-13-35(31)42-2/h5-8,10-17,20-21,27,32,37-41H,9,18-19,22-26H2,1-4H3/t27?,32-,37-,38-,39?/m0/s1. The minimum Gasteiger partial charge on any atom is -0.496 e. The number of methoxy groups -OCH3 is 3. The number of aliphatic hydroxyl groups excluding tert-OH is 1. The predicted molar refractivity (Wildman–Crippen MR) is 186 cm³/mol. The SMILES string of the molecule is COc1ccccc1COCCCOc1ccc([C@H]2[C@H](COC(OC)C(C)O)CNC[C@@H]2OCc2cc(OC)c3ccccc3c2)cc1. The Balaban J connectivity index is 1.22. The maximum Gasteiger partial charge on any atom is 0.182 e. The molecule has 4 aromatic carbocycles. The molecule has 9 heteroatoms. The van der Waals surface area contributed by atoms with Gasteiger partial charge >= 0.3 is 0 Å². The summed E-state index contributed by atoms with van der Waals surface area (Å²) in [6.07, 6.45) is -0.803. The first-order valence-corrected chi connectivity index (χ1v) is 16.6. The molecule has 258 valence electrons. The van der Waals surface area contributed by atoms with Crippen LogP contribution in [-0.2, 0) is 32.2 Å². The quantitative estimate of drug-likeness (QED) is 0.0971. The van der Waals surface area contributed by atoms with E-state index in [1.54, 1.807) is 28.3 Å². The normalized spacial score (nSPS) is 19.1. The van der Waals surface area contributed by atoms with Crippen molar-refractivity contribution in [3.63, 3.8) is 0 Å². The zero-order valence-corrected chi connectivity index (χ0v) is 28.4. The van der Waals surface area contributed by atoms with Crippen molar-refractivity contribution >= 4 is 10.8 Å². The van der Waals surface area contributed by atoms with E-state index in [1.807, 2.05) is 48.5 Å². The van der Waals surface area contributed by atoms with Crippen LogP contribution in [0.2, 0.25) is 0 Å². The van der Waals surface area contributed by atoms with E-state index in [1.165, 1.54) is 0 Å². The Kier molecular flexibility index (Phi) is 13.5. The third kappa shape index (κ3) is 9.47. The monoisotopic (exact) mass is 659 g/mol. The third-order valence-corrected chi connectivity index (χ3v) is 8.75. The lowest BCUT2D eigenvalue weighted by Gasteiger charge is -2.39. The van der Waals surface area contributed by atoms with Gasteiger partial charge in [-0.2, -0.15) is 0 Å². The fourth-order valence-corrected chi connectivity index (χ4v) is 6.34. The van der Waals surface area contributed by atoms with Crippen LogP contribution in [0.15, 0.2) is 84.9 Å². The lowest BCUT2D eigenvalue weighted by molar-refractivity contribution is -0.184. The smallest absolute Gasteiger partial charge is 0.182 e. The van der Waals surface area contributed by atoms with E-state index in [2.05, 4.69) is 41.7 Å². The lowest BCUT2D eigenvalue weighted by Crippen LogP contribution is -2.48. The Hall–Kier alpha value is -3.70. The second-order valence-electron chi connectivity index (χ2n) is 12.1. The van der Waals surface area contributed by atoms with Crippen LogP contribution in [0.1, 0.15) is 36.0 Å². The summed E-state index contributed by atoms with van der Waals surface area (Å²) < 4.78 is 41.1. The molecular weight excluding hydrogens is 610 g/mol. The number of rotatable bonds is 18. The number of ether oxygens (including phenoxy) is 7. The molecule has 0 aromatic heterocycles. The number of hydrogen-bond acceptors (Lipinski definition) is 9. The Labute approximate surface area is 284 Å². The number of nitrogens with one attached hydrogen (secondary N) is 1. The van der Waals surface area contributed by atoms with Crippen molar-refractivity contribution in [1.29, 1.82) is 0 Å². The molecule has 1 aliphatic rings. The Morgan fingerprint density at radius 3 is 2.38 bits per heavy atom. The molecule has 5 rings (SSSR count). The van der Waals surface area contributed by atoms with E-state index >= 15 is 0 Å². The van der Waals surface area contributed by atoms with E-state index in [4.69, 9.17) is 33.2 Å². The van der Waals surface area contributed by atoms with Crippen LogP contribution < -0.4 is 19.5 Å². The minimum absolute atomic E-state index is 0.0394. The number of piperidine rings is 1. The molecule has 0 amide bonds. The van der Waals surface area contributed by atoms with Crippen molar-refractivity contribution in [1.82, 2.24) is 5.32 Å². The zero-order chi connectivity index (χ0) is 33.7.